The zero-order chi connectivity index (χ0) is 30.7. The predicted octanol–water partition coefficient (Wildman–Crippen LogP) is 11.5. The summed E-state index contributed by atoms with van der Waals surface area (Å²) in [4.78, 5) is 0. The fourth-order valence-electron chi connectivity index (χ4n) is 6.32. The molecule has 1 aliphatic rings. The molecule has 4 aromatic rings. The fraction of sp³-hybridized carbons (Fsp3) is 0.351. The van der Waals surface area contributed by atoms with E-state index >= 15 is 0 Å². The number of nitrogens with zero attached hydrogens (tertiary/aromatic N) is 4. The summed E-state index contributed by atoms with van der Waals surface area (Å²) in [6.45, 7) is 12.5. The van der Waals surface area contributed by atoms with Gasteiger partial charge in [0.05, 0.1) is 11.4 Å². The molecule has 1 fully saturated rings. The molecular formula is C37H42N4O2. The summed E-state index contributed by atoms with van der Waals surface area (Å²) >= 11 is 0. The Morgan fingerprint density at radius 3 is 1.37 bits per heavy atom. The molecule has 1 saturated carbocycles. The lowest BCUT2D eigenvalue weighted by Crippen LogP contribution is -2.19. The Hall–Kier alpha value is -4.32. The smallest absolute Gasteiger partial charge is 0.143 e. The highest BCUT2D eigenvalue weighted by Crippen LogP contribution is 2.45. The Labute approximate surface area is 255 Å². The zero-order valence-electron chi connectivity index (χ0n) is 26.1. The van der Waals surface area contributed by atoms with E-state index in [4.69, 9.17) is 0 Å². The van der Waals surface area contributed by atoms with Crippen LogP contribution in [0.25, 0.3) is 0 Å². The molecule has 0 bridgehead atoms. The highest BCUT2D eigenvalue weighted by atomic mass is 16.3. The molecule has 6 heteroatoms. The molecule has 0 aliphatic heterocycles. The van der Waals surface area contributed by atoms with Crippen LogP contribution < -0.4 is 0 Å². The van der Waals surface area contributed by atoms with Gasteiger partial charge in [-0.2, -0.15) is 10.2 Å². The highest BCUT2D eigenvalue weighted by Gasteiger charge is 2.30. The molecule has 5 rings (SSSR count). The molecule has 0 amide bonds. The number of aryl methyl sites for hydroxylation is 6. The molecule has 2 N–H and O–H groups in total. The minimum atomic E-state index is 0.127. The predicted molar refractivity (Wildman–Crippen MR) is 174 cm³/mol. The first-order valence-corrected chi connectivity index (χ1v) is 15.3. The van der Waals surface area contributed by atoms with E-state index in [0.29, 0.717) is 17.3 Å². The average Bonchev–Trinajstić information content (AvgIpc) is 2.98. The van der Waals surface area contributed by atoms with Gasteiger partial charge in [0.1, 0.15) is 22.9 Å². The van der Waals surface area contributed by atoms with Crippen LogP contribution in [0.1, 0.15) is 82.5 Å². The Morgan fingerprint density at radius 2 is 0.930 bits per heavy atom. The van der Waals surface area contributed by atoms with Gasteiger partial charge in [-0.25, -0.2) is 0 Å². The Kier molecular flexibility index (Phi) is 9.05. The van der Waals surface area contributed by atoms with Gasteiger partial charge < -0.3 is 10.2 Å². The number of phenols is 2. The molecule has 1 aliphatic carbocycles. The number of phenolic OH excluding ortho intramolecular Hbond substituents is 2. The summed E-state index contributed by atoms with van der Waals surface area (Å²) in [6, 6.07) is 19.6. The van der Waals surface area contributed by atoms with Gasteiger partial charge in [-0.1, -0.05) is 43.5 Å². The maximum absolute atomic E-state index is 10.2. The summed E-state index contributed by atoms with van der Waals surface area (Å²) in [7, 11) is 0. The number of aromatic hydroxyl groups is 2. The van der Waals surface area contributed by atoms with Crippen LogP contribution in [0.3, 0.4) is 0 Å². The fourth-order valence-corrected chi connectivity index (χ4v) is 6.32. The van der Waals surface area contributed by atoms with E-state index in [1.54, 1.807) is 12.1 Å². The van der Waals surface area contributed by atoms with Crippen molar-refractivity contribution in [2.24, 2.45) is 26.4 Å². The van der Waals surface area contributed by atoms with Crippen molar-refractivity contribution in [3.63, 3.8) is 0 Å². The molecule has 0 heterocycles. The molecule has 0 unspecified atom stereocenters. The molecular weight excluding hydrogens is 532 g/mol. The van der Waals surface area contributed by atoms with Crippen LogP contribution in [0.4, 0.5) is 22.7 Å². The third-order valence-electron chi connectivity index (χ3n) is 8.75. The van der Waals surface area contributed by atoms with Crippen molar-refractivity contribution in [1.29, 1.82) is 0 Å². The van der Waals surface area contributed by atoms with Crippen molar-refractivity contribution < 1.29 is 10.2 Å². The van der Waals surface area contributed by atoms with Crippen molar-refractivity contribution in [3.05, 3.63) is 105 Å². The molecule has 4 aromatic carbocycles. The van der Waals surface area contributed by atoms with E-state index in [1.807, 2.05) is 38.1 Å². The van der Waals surface area contributed by atoms with Gasteiger partial charge in [-0.3, -0.25) is 0 Å². The summed E-state index contributed by atoms with van der Waals surface area (Å²) in [6.07, 6.45) is 6.24. The normalized spacial score (nSPS) is 15.0. The van der Waals surface area contributed by atoms with Crippen LogP contribution in [-0.2, 0) is 0 Å². The topological polar surface area (TPSA) is 89.9 Å². The van der Waals surface area contributed by atoms with Gasteiger partial charge in [-0.15, -0.1) is 10.2 Å². The summed E-state index contributed by atoms with van der Waals surface area (Å²) in [5, 5.41) is 38.3. The van der Waals surface area contributed by atoms with E-state index < -0.39 is 0 Å². The molecule has 222 valence electrons. The zero-order valence-corrected chi connectivity index (χ0v) is 26.1. The molecule has 0 radical (unpaired) electrons. The van der Waals surface area contributed by atoms with E-state index in [1.165, 1.54) is 54.4 Å². The molecule has 0 atom stereocenters. The molecule has 0 aromatic heterocycles. The first-order chi connectivity index (χ1) is 20.6. The SMILES string of the molecule is Cc1ccc(O)c(N=Nc2cc(C)c(C(c3cc(C)c(N=Nc4cc(C)ccc4O)cc3C)C3CCCCC3)cc2C)c1. The first kappa shape index (κ1) is 30.1. The number of benzene rings is 4. The lowest BCUT2D eigenvalue weighted by atomic mass is 9.71. The third-order valence-corrected chi connectivity index (χ3v) is 8.75. The summed E-state index contributed by atoms with van der Waals surface area (Å²) < 4.78 is 0. The van der Waals surface area contributed by atoms with E-state index in [2.05, 4.69) is 72.4 Å². The van der Waals surface area contributed by atoms with Crippen molar-refractivity contribution in [2.75, 3.05) is 0 Å². The van der Waals surface area contributed by atoms with Crippen molar-refractivity contribution in [1.82, 2.24) is 0 Å². The maximum Gasteiger partial charge on any atom is 0.143 e. The Bertz CT molecular complexity index is 1580. The first-order valence-electron chi connectivity index (χ1n) is 15.3. The average molecular weight is 575 g/mol. The highest BCUT2D eigenvalue weighted by molar-refractivity contribution is 5.59. The molecule has 6 nitrogen and oxygen atoms in total. The van der Waals surface area contributed by atoms with E-state index in [-0.39, 0.29) is 17.4 Å². The third kappa shape index (κ3) is 6.85. The minimum Gasteiger partial charge on any atom is -0.506 e. The number of azo groups is 2. The lowest BCUT2D eigenvalue weighted by molar-refractivity contribution is 0.326. The van der Waals surface area contributed by atoms with Gasteiger partial charge in [0.2, 0.25) is 0 Å². The van der Waals surface area contributed by atoms with Gasteiger partial charge in [0.25, 0.3) is 0 Å². The molecule has 0 saturated heterocycles. The minimum absolute atomic E-state index is 0.127. The Balaban J connectivity index is 1.52. The van der Waals surface area contributed by atoms with Crippen molar-refractivity contribution in [2.45, 2.75) is 79.6 Å². The van der Waals surface area contributed by atoms with Crippen LogP contribution in [0.15, 0.2) is 81.1 Å². The maximum atomic E-state index is 10.2. The molecule has 0 spiro atoms. The number of hydrogen-bond acceptors (Lipinski definition) is 6. The van der Waals surface area contributed by atoms with E-state index in [0.717, 1.165) is 33.6 Å². The second-order valence-corrected chi connectivity index (χ2v) is 12.3. The monoisotopic (exact) mass is 574 g/mol. The summed E-state index contributed by atoms with van der Waals surface area (Å²) in [5.41, 5.74) is 11.8. The van der Waals surface area contributed by atoms with Gasteiger partial charge in [0, 0.05) is 5.92 Å². The standard InChI is InChI=1S/C37H42N4O2/c1-22-12-14-35(42)33(16-22)40-38-31-20-24(3)29(18-26(31)5)37(28-10-8-7-9-11-28)30-19-27(6)32(21-25(30)4)39-41-34-17-23(2)13-15-36(34)43/h12-21,28,37,42-43H,7-11H2,1-6H3. The van der Waals surface area contributed by atoms with Crippen molar-refractivity contribution in [3.8, 4) is 11.5 Å². The van der Waals surface area contributed by atoms with Gasteiger partial charge >= 0.3 is 0 Å². The second-order valence-electron chi connectivity index (χ2n) is 12.3. The van der Waals surface area contributed by atoms with Crippen LogP contribution in [0.5, 0.6) is 11.5 Å². The van der Waals surface area contributed by atoms with Crippen LogP contribution in [0, 0.1) is 47.5 Å². The number of rotatable bonds is 7. The van der Waals surface area contributed by atoms with Crippen molar-refractivity contribution >= 4 is 22.7 Å². The molecule has 43 heavy (non-hydrogen) atoms. The van der Waals surface area contributed by atoms with Crippen LogP contribution >= 0.6 is 0 Å². The largest absolute Gasteiger partial charge is 0.506 e. The quantitative estimate of drug-likeness (QED) is 0.215. The van der Waals surface area contributed by atoms with Gasteiger partial charge in [-0.05, 0) is 141 Å². The number of hydrogen-bond donors (Lipinski definition) is 2. The van der Waals surface area contributed by atoms with E-state index in [9.17, 15) is 10.2 Å². The summed E-state index contributed by atoms with van der Waals surface area (Å²) in [5.74, 6) is 1.07. The second kappa shape index (κ2) is 12.9. The van der Waals surface area contributed by atoms with Gasteiger partial charge in [0.15, 0.2) is 0 Å². The Morgan fingerprint density at radius 1 is 0.512 bits per heavy atom. The van der Waals surface area contributed by atoms with Crippen LogP contribution in [-0.4, -0.2) is 10.2 Å². The van der Waals surface area contributed by atoms with Crippen LogP contribution in [0.2, 0.25) is 0 Å². The lowest BCUT2D eigenvalue weighted by Gasteiger charge is -2.33.